The molecule has 0 atom stereocenters. The van der Waals surface area contributed by atoms with E-state index in [9.17, 15) is 0 Å². The molecule has 0 unspecified atom stereocenters. The van der Waals surface area contributed by atoms with Gasteiger partial charge < -0.3 is 0 Å². The monoisotopic (exact) mass is 151 g/mol. The van der Waals surface area contributed by atoms with Crippen LogP contribution in [-0.2, 0) is 0 Å². The summed E-state index contributed by atoms with van der Waals surface area (Å²) in [6.07, 6.45) is 4.21. The normalized spacial score (nSPS) is 17.2. The lowest BCUT2D eigenvalue weighted by atomic mass is 10.4. The van der Waals surface area contributed by atoms with E-state index in [1.807, 2.05) is 0 Å². The first-order valence-electron chi connectivity index (χ1n) is 3.36. The van der Waals surface area contributed by atoms with Gasteiger partial charge in [-0.2, -0.15) is 0 Å². The summed E-state index contributed by atoms with van der Waals surface area (Å²) in [5.41, 5.74) is 0. The molecule has 1 aromatic rings. The summed E-state index contributed by atoms with van der Waals surface area (Å²) >= 11 is 4.90. The van der Waals surface area contributed by atoms with Gasteiger partial charge in [-0.15, -0.1) is 0 Å². The summed E-state index contributed by atoms with van der Waals surface area (Å²) in [6, 6.07) is 1.75. The predicted octanol–water partition coefficient (Wildman–Crippen LogP) is 1.91. The van der Waals surface area contributed by atoms with E-state index in [0.29, 0.717) is 10.9 Å². The second kappa shape index (κ2) is 2.16. The average Bonchev–Trinajstić information content (AvgIpc) is 2.68. The van der Waals surface area contributed by atoms with Crippen LogP contribution in [0.2, 0.25) is 0 Å². The zero-order valence-corrected chi connectivity index (χ0v) is 6.27. The molecule has 1 fully saturated rings. The second-order valence-electron chi connectivity index (χ2n) is 2.53. The van der Waals surface area contributed by atoms with Crippen LogP contribution in [0.5, 0.6) is 0 Å². The van der Waals surface area contributed by atoms with Crippen molar-refractivity contribution in [3.63, 3.8) is 0 Å². The van der Waals surface area contributed by atoms with Gasteiger partial charge in [-0.3, -0.25) is 0 Å². The molecule has 1 aromatic heterocycles. The fourth-order valence-corrected chi connectivity index (χ4v) is 1.05. The van der Waals surface area contributed by atoms with Crippen molar-refractivity contribution in [3.8, 4) is 0 Å². The SMILES string of the molecule is [S]c1ccnc(C2CC2)n1. The first-order valence-corrected chi connectivity index (χ1v) is 3.77. The van der Waals surface area contributed by atoms with Crippen molar-refractivity contribution in [3.05, 3.63) is 18.1 Å². The smallest absolute Gasteiger partial charge is 0.133 e. The molecule has 1 aliphatic rings. The third-order valence-corrected chi connectivity index (χ3v) is 1.82. The Hall–Kier alpha value is -0.700. The van der Waals surface area contributed by atoms with Gasteiger partial charge in [0, 0.05) is 12.1 Å². The van der Waals surface area contributed by atoms with Crippen molar-refractivity contribution in [2.24, 2.45) is 0 Å². The van der Waals surface area contributed by atoms with E-state index >= 15 is 0 Å². The Morgan fingerprint density at radius 2 is 2.30 bits per heavy atom. The van der Waals surface area contributed by atoms with Crippen molar-refractivity contribution in [1.29, 1.82) is 0 Å². The molecule has 0 bridgehead atoms. The van der Waals surface area contributed by atoms with Crippen molar-refractivity contribution < 1.29 is 0 Å². The summed E-state index contributed by atoms with van der Waals surface area (Å²) in [7, 11) is 0. The van der Waals surface area contributed by atoms with Gasteiger partial charge >= 0.3 is 0 Å². The van der Waals surface area contributed by atoms with Gasteiger partial charge in [-0.1, -0.05) is 12.6 Å². The van der Waals surface area contributed by atoms with E-state index in [1.165, 1.54) is 12.8 Å². The third-order valence-electron chi connectivity index (χ3n) is 1.59. The highest BCUT2D eigenvalue weighted by Gasteiger charge is 2.26. The van der Waals surface area contributed by atoms with Gasteiger partial charge in [0.15, 0.2) is 0 Å². The minimum atomic E-state index is 0.614. The van der Waals surface area contributed by atoms with Gasteiger partial charge in [-0.25, -0.2) is 9.97 Å². The Bertz CT molecular complexity index is 245. The summed E-state index contributed by atoms with van der Waals surface area (Å²) < 4.78 is 0. The number of hydrogen-bond donors (Lipinski definition) is 0. The summed E-state index contributed by atoms with van der Waals surface area (Å²) in [5.74, 6) is 1.55. The molecule has 0 aromatic carbocycles. The lowest BCUT2D eigenvalue weighted by molar-refractivity contribution is 0.880. The van der Waals surface area contributed by atoms with Crippen LogP contribution in [0.3, 0.4) is 0 Å². The van der Waals surface area contributed by atoms with Gasteiger partial charge in [0.2, 0.25) is 0 Å². The first-order chi connectivity index (χ1) is 4.86. The molecular formula is C7H7N2S. The minimum Gasteiger partial charge on any atom is -0.241 e. The summed E-state index contributed by atoms with van der Waals surface area (Å²) in [6.45, 7) is 0. The van der Waals surface area contributed by atoms with Crippen LogP contribution in [0.25, 0.3) is 0 Å². The molecule has 0 N–H and O–H groups in total. The average molecular weight is 151 g/mol. The quantitative estimate of drug-likeness (QED) is 0.573. The molecule has 0 amide bonds. The van der Waals surface area contributed by atoms with Crippen LogP contribution in [0, 0.1) is 0 Å². The zero-order chi connectivity index (χ0) is 6.97. The van der Waals surface area contributed by atoms with Crippen LogP contribution >= 0.6 is 12.6 Å². The number of aromatic nitrogens is 2. The Labute approximate surface area is 65.1 Å². The molecule has 2 nitrogen and oxygen atoms in total. The van der Waals surface area contributed by atoms with Crippen LogP contribution in [0.1, 0.15) is 24.6 Å². The third kappa shape index (κ3) is 1.09. The van der Waals surface area contributed by atoms with E-state index < -0.39 is 0 Å². The highest BCUT2D eigenvalue weighted by atomic mass is 32.1. The van der Waals surface area contributed by atoms with Gasteiger partial charge in [0.05, 0.1) is 0 Å². The molecule has 1 saturated carbocycles. The zero-order valence-electron chi connectivity index (χ0n) is 5.45. The maximum absolute atomic E-state index is 4.90. The van der Waals surface area contributed by atoms with E-state index in [-0.39, 0.29) is 0 Å². The van der Waals surface area contributed by atoms with Gasteiger partial charge in [0.25, 0.3) is 0 Å². The highest BCUT2D eigenvalue weighted by Crippen LogP contribution is 2.37. The molecule has 0 aliphatic heterocycles. The molecule has 2 rings (SSSR count). The molecule has 1 radical (unpaired) electrons. The minimum absolute atomic E-state index is 0.614. The van der Waals surface area contributed by atoms with Crippen LogP contribution in [0.4, 0.5) is 0 Å². The van der Waals surface area contributed by atoms with E-state index in [4.69, 9.17) is 12.6 Å². The molecule has 0 spiro atoms. The highest BCUT2D eigenvalue weighted by molar-refractivity contribution is 7.80. The lowest BCUT2D eigenvalue weighted by Crippen LogP contribution is -1.90. The molecule has 1 aliphatic carbocycles. The van der Waals surface area contributed by atoms with E-state index in [1.54, 1.807) is 12.3 Å². The van der Waals surface area contributed by atoms with Gasteiger partial charge in [-0.05, 0) is 18.9 Å². The van der Waals surface area contributed by atoms with Crippen molar-refractivity contribution in [2.75, 3.05) is 0 Å². The Morgan fingerprint density at radius 1 is 1.50 bits per heavy atom. The number of nitrogens with zero attached hydrogens (tertiary/aromatic N) is 2. The van der Waals surface area contributed by atoms with Crippen molar-refractivity contribution in [1.82, 2.24) is 9.97 Å². The first kappa shape index (κ1) is 6.04. The Morgan fingerprint density at radius 3 is 2.90 bits per heavy atom. The molecule has 3 heteroatoms. The maximum atomic E-state index is 4.90. The summed E-state index contributed by atoms with van der Waals surface area (Å²) in [5, 5.41) is 0.664. The largest absolute Gasteiger partial charge is 0.241 e. The second-order valence-corrected chi connectivity index (χ2v) is 2.95. The molecule has 10 heavy (non-hydrogen) atoms. The fraction of sp³-hybridized carbons (Fsp3) is 0.429. The standard InChI is InChI=1S/C7H7N2S/c10-6-3-4-8-7(9-6)5-1-2-5/h3-5H,1-2H2. The Balaban J connectivity index is 2.32. The summed E-state index contributed by atoms with van der Waals surface area (Å²) in [4.78, 5) is 8.26. The molecular weight excluding hydrogens is 144 g/mol. The number of hydrogen-bond acceptors (Lipinski definition) is 2. The van der Waals surface area contributed by atoms with Crippen LogP contribution in [-0.4, -0.2) is 9.97 Å². The van der Waals surface area contributed by atoms with Crippen LogP contribution in [0.15, 0.2) is 17.3 Å². The maximum Gasteiger partial charge on any atom is 0.133 e. The molecule has 0 saturated heterocycles. The topological polar surface area (TPSA) is 25.8 Å². The molecule has 1 heterocycles. The van der Waals surface area contributed by atoms with Crippen LogP contribution < -0.4 is 0 Å². The van der Waals surface area contributed by atoms with Crippen molar-refractivity contribution >= 4 is 12.6 Å². The van der Waals surface area contributed by atoms with E-state index in [0.717, 1.165) is 5.82 Å². The predicted molar refractivity (Wildman–Crippen MR) is 39.9 cm³/mol. The van der Waals surface area contributed by atoms with Gasteiger partial charge in [0.1, 0.15) is 10.9 Å². The number of rotatable bonds is 1. The van der Waals surface area contributed by atoms with E-state index in [2.05, 4.69) is 9.97 Å². The van der Waals surface area contributed by atoms with Crippen molar-refractivity contribution in [2.45, 2.75) is 23.8 Å². The molecule has 51 valence electrons. The fourth-order valence-electron chi connectivity index (χ4n) is 0.895. The lowest BCUT2D eigenvalue weighted by Gasteiger charge is -1.93. The Kier molecular flexibility index (Phi) is 1.31.